The molecule has 1 aromatic heterocycles. The summed E-state index contributed by atoms with van der Waals surface area (Å²) in [7, 11) is 0. The number of carbonyl (C=O) groups is 3. The number of esters is 1. The smallest absolute Gasteiger partial charge is 0.341 e. The Hall–Kier alpha value is -2.15. The Morgan fingerprint density at radius 2 is 1.88 bits per heavy atom. The normalized spacial score (nSPS) is 26.7. The fourth-order valence-corrected chi connectivity index (χ4v) is 4.93. The minimum atomic E-state index is -0.943. The lowest BCUT2D eigenvalue weighted by atomic mass is 9.82. The second kappa shape index (κ2) is 6.63. The van der Waals surface area contributed by atoms with Crippen molar-refractivity contribution < 1.29 is 24.2 Å². The Morgan fingerprint density at radius 3 is 2.48 bits per heavy atom. The summed E-state index contributed by atoms with van der Waals surface area (Å²) in [6.45, 7) is 5.66. The van der Waals surface area contributed by atoms with E-state index in [1.807, 2.05) is 26.0 Å². The van der Waals surface area contributed by atoms with Gasteiger partial charge in [-0.15, -0.1) is 11.3 Å². The van der Waals surface area contributed by atoms with Crippen LogP contribution in [-0.2, 0) is 14.3 Å². The van der Waals surface area contributed by atoms with Crippen molar-refractivity contribution in [2.45, 2.75) is 27.2 Å². The standard InChI is InChI=1S/C18H21NO5S/c1-4-24-18(23)12-8(2)9(3)25-16(12)19-15(20)13-10-5-6-11(7-10)14(13)17(21)22/h5-6,10-11,13-14H,4,7H2,1-3H3,(H,19,20)(H,21,22)/t10-,11+,13+,14+/m1/s1. The van der Waals surface area contributed by atoms with Crippen LogP contribution in [0.15, 0.2) is 12.2 Å². The fraction of sp³-hybridized carbons (Fsp3) is 0.500. The summed E-state index contributed by atoms with van der Waals surface area (Å²) < 4.78 is 5.09. The van der Waals surface area contributed by atoms with Gasteiger partial charge in [0.15, 0.2) is 0 Å². The summed E-state index contributed by atoms with van der Waals surface area (Å²) in [6.07, 6.45) is 4.53. The van der Waals surface area contributed by atoms with Crippen LogP contribution in [0.1, 0.15) is 34.1 Å². The summed E-state index contributed by atoms with van der Waals surface area (Å²) in [4.78, 5) is 37.6. The zero-order valence-electron chi connectivity index (χ0n) is 14.4. The van der Waals surface area contributed by atoms with Gasteiger partial charge < -0.3 is 15.2 Å². The number of allylic oxidation sites excluding steroid dienone is 2. The van der Waals surface area contributed by atoms with Gasteiger partial charge in [0, 0.05) is 4.88 Å². The van der Waals surface area contributed by atoms with Crippen molar-refractivity contribution in [2.24, 2.45) is 23.7 Å². The van der Waals surface area contributed by atoms with Crippen molar-refractivity contribution in [1.82, 2.24) is 0 Å². The van der Waals surface area contributed by atoms with Gasteiger partial charge in [-0.2, -0.15) is 0 Å². The van der Waals surface area contributed by atoms with Gasteiger partial charge in [-0.25, -0.2) is 4.79 Å². The number of amides is 1. The van der Waals surface area contributed by atoms with E-state index in [9.17, 15) is 19.5 Å². The highest BCUT2D eigenvalue weighted by molar-refractivity contribution is 7.16. The molecule has 3 rings (SSSR count). The number of fused-ring (bicyclic) bond motifs is 2. The van der Waals surface area contributed by atoms with Gasteiger partial charge in [0.2, 0.25) is 5.91 Å². The molecular formula is C18H21NO5S. The molecule has 7 heteroatoms. The molecule has 1 saturated carbocycles. The number of rotatable bonds is 5. The predicted octanol–water partition coefficient (Wildman–Crippen LogP) is 3.00. The van der Waals surface area contributed by atoms with Crippen LogP contribution in [0.25, 0.3) is 0 Å². The van der Waals surface area contributed by atoms with Gasteiger partial charge in [0.1, 0.15) is 5.00 Å². The number of carbonyl (C=O) groups excluding carboxylic acids is 2. The third-order valence-corrected chi connectivity index (χ3v) is 6.27. The van der Waals surface area contributed by atoms with E-state index in [1.165, 1.54) is 11.3 Å². The van der Waals surface area contributed by atoms with E-state index in [4.69, 9.17) is 4.74 Å². The average molecular weight is 363 g/mol. The second-order valence-electron chi connectivity index (χ2n) is 6.54. The molecule has 2 bridgehead atoms. The maximum atomic E-state index is 12.8. The van der Waals surface area contributed by atoms with Crippen molar-refractivity contribution in [3.8, 4) is 0 Å². The second-order valence-corrected chi connectivity index (χ2v) is 7.76. The van der Waals surface area contributed by atoms with Crippen LogP contribution in [0.4, 0.5) is 5.00 Å². The number of aliphatic carboxylic acids is 1. The number of carboxylic acids is 1. The van der Waals surface area contributed by atoms with Crippen LogP contribution < -0.4 is 5.32 Å². The van der Waals surface area contributed by atoms with Crippen molar-refractivity contribution >= 4 is 34.2 Å². The number of nitrogens with one attached hydrogen (secondary N) is 1. The van der Waals surface area contributed by atoms with E-state index in [-0.39, 0.29) is 24.3 Å². The number of anilines is 1. The molecule has 0 aromatic carbocycles. The van der Waals surface area contributed by atoms with Crippen LogP contribution >= 0.6 is 11.3 Å². The molecule has 0 radical (unpaired) electrons. The Balaban J connectivity index is 1.87. The molecular weight excluding hydrogens is 342 g/mol. The third-order valence-electron chi connectivity index (χ3n) is 5.15. The number of hydrogen-bond acceptors (Lipinski definition) is 5. The molecule has 2 N–H and O–H groups in total. The molecule has 1 aromatic rings. The molecule has 2 aliphatic rings. The molecule has 0 spiro atoms. The number of thiophene rings is 1. The molecule has 1 fully saturated rings. The minimum absolute atomic E-state index is 0.0562. The highest BCUT2D eigenvalue weighted by Gasteiger charge is 2.51. The van der Waals surface area contributed by atoms with E-state index in [2.05, 4.69) is 5.32 Å². The summed E-state index contributed by atoms with van der Waals surface area (Å²) in [5.74, 6) is -3.21. The first-order valence-electron chi connectivity index (χ1n) is 8.34. The first kappa shape index (κ1) is 17.7. The Morgan fingerprint density at radius 1 is 1.24 bits per heavy atom. The van der Waals surface area contributed by atoms with Crippen LogP contribution in [0.3, 0.4) is 0 Å². The molecule has 134 valence electrons. The van der Waals surface area contributed by atoms with Crippen LogP contribution in [0, 0.1) is 37.5 Å². The molecule has 2 aliphatic carbocycles. The highest BCUT2D eigenvalue weighted by Crippen LogP contribution is 2.48. The van der Waals surface area contributed by atoms with E-state index >= 15 is 0 Å². The zero-order valence-corrected chi connectivity index (χ0v) is 15.2. The molecule has 0 unspecified atom stereocenters. The summed E-state index contributed by atoms with van der Waals surface area (Å²) in [6, 6.07) is 0. The molecule has 0 saturated heterocycles. The molecule has 1 amide bonds. The maximum absolute atomic E-state index is 12.8. The van der Waals surface area contributed by atoms with Gasteiger partial charge in [0.05, 0.1) is 24.0 Å². The predicted molar refractivity (Wildman–Crippen MR) is 93.7 cm³/mol. The van der Waals surface area contributed by atoms with E-state index in [0.717, 1.165) is 10.4 Å². The molecule has 0 aliphatic heterocycles. The minimum Gasteiger partial charge on any atom is -0.481 e. The van der Waals surface area contributed by atoms with Crippen molar-refractivity contribution in [3.05, 3.63) is 28.2 Å². The Bertz CT molecular complexity index is 766. The molecule has 6 nitrogen and oxygen atoms in total. The number of hydrogen-bond donors (Lipinski definition) is 2. The van der Waals surface area contributed by atoms with Gasteiger partial charge in [-0.05, 0) is 44.6 Å². The van der Waals surface area contributed by atoms with Gasteiger partial charge in [0.25, 0.3) is 0 Å². The fourth-order valence-electron chi connectivity index (χ4n) is 3.88. The monoisotopic (exact) mass is 363 g/mol. The van der Waals surface area contributed by atoms with E-state index in [0.29, 0.717) is 17.0 Å². The summed E-state index contributed by atoms with van der Waals surface area (Å²) in [5.41, 5.74) is 1.14. The Kier molecular flexibility index (Phi) is 4.69. The average Bonchev–Trinajstić information content (AvgIpc) is 3.21. The molecule has 1 heterocycles. The number of aryl methyl sites for hydroxylation is 1. The van der Waals surface area contributed by atoms with E-state index in [1.54, 1.807) is 6.92 Å². The van der Waals surface area contributed by atoms with Crippen LogP contribution in [-0.4, -0.2) is 29.6 Å². The van der Waals surface area contributed by atoms with Gasteiger partial charge in [-0.1, -0.05) is 12.2 Å². The molecule has 25 heavy (non-hydrogen) atoms. The maximum Gasteiger partial charge on any atom is 0.341 e. The number of carboxylic acid groups (broad SMARTS) is 1. The lowest BCUT2D eigenvalue weighted by Gasteiger charge is -2.23. The lowest BCUT2D eigenvalue weighted by molar-refractivity contribution is -0.146. The van der Waals surface area contributed by atoms with Crippen LogP contribution in [0.5, 0.6) is 0 Å². The highest BCUT2D eigenvalue weighted by atomic mass is 32.1. The summed E-state index contributed by atoms with van der Waals surface area (Å²) >= 11 is 1.31. The lowest BCUT2D eigenvalue weighted by Crippen LogP contribution is -2.36. The van der Waals surface area contributed by atoms with Crippen molar-refractivity contribution in [1.29, 1.82) is 0 Å². The van der Waals surface area contributed by atoms with Gasteiger partial charge in [-0.3, -0.25) is 9.59 Å². The summed E-state index contributed by atoms with van der Waals surface area (Å²) in [5, 5.41) is 12.7. The first-order valence-corrected chi connectivity index (χ1v) is 9.15. The van der Waals surface area contributed by atoms with E-state index < -0.39 is 23.8 Å². The first-order chi connectivity index (χ1) is 11.8. The zero-order chi connectivity index (χ0) is 18.3. The SMILES string of the molecule is CCOC(=O)c1c(NC(=O)[C@@H]2[C@@H](C(=O)O)[C@H]3C=C[C@@H]2C3)sc(C)c1C. The van der Waals surface area contributed by atoms with Crippen LogP contribution in [0.2, 0.25) is 0 Å². The van der Waals surface area contributed by atoms with Crippen molar-refractivity contribution in [3.63, 3.8) is 0 Å². The number of ether oxygens (including phenoxy) is 1. The van der Waals surface area contributed by atoms with Crippen molar-refractivity contribution in [2.75, 3.05) is 11.9 Å². The topological polar surface area (TPSA) is 92.7 Å². The molecule has 4 atom stereocenters. The third kappa shape index (κ3) is 2.97. The quantitative estimate of drug-likeness (QED) is 0.620. The Labute approximate surface area is 149 Å². The van der Waals surface area contributed by atoms with Gasteiger partial charge >= 0.3 is 11.9 Å². The largest absolute Gasteiger partial charge is 0.481 e.